The molecule has 1 aromatic heterocycles. The number of nitrogens with zero attached hydrogens (tertiary/aromatic N) is 3. The molecule has 0 saturated carbocycles. The van der Waals surface area contributed by atoms with Crippen LogP contribution in [0.2, 0.25) is 0 Å². The average molecular weight is 500 g/mol. The topological polar surface area (TPSA) is 39.4 Å². The Hall–Kier alpha value is -1.58. The van der Waals surface area contributed by atoms with Crippen molar-refractivity contribution in [1.29, 1.82) is 0 Å². The maximum atomic E-state index is 14.6. The Morgan fingerprint density at radius 3 is 2.73 bits per heavy atom. The number of hydrogen-bond acceptors (Lipinski definition) is 3. The van der Waals surface area contributed by atoms with Crippen molar-refractivity contribution in [2.45, 2.75) is 44.2 Å². The van der Waals surface area contributed by atoms with Crippen molar-refractivity contribution < 1.29 is 18.3 Å². The fraction of sp³-hybridized carbons (Fsp3) is 0.524. The molecule has 30 heavy (non-hydrogen) atoms. The van der Waals surface area contributed by atoms with E-state index in [1.807, 2.05) is 23.2 Å². The number of carbonyl (C=O) groups is 1. The Kier molecular flexibility index (Phi) is 6.14. The van der Waals surface area contributed by atoms with Crippen LogP contribution in [0.1, 0.15) is 35.7 Å². The number of likely N-dealkylation sites (N-methyl/N-ethyl adjacent to an activating group) is 1. The molecule has 0 spiro atoms. The van der Waals surface area contributed by atoms with E-state index in [1.54, 1.807) is 4.90 Å². The van der Waals surface area contributed by atoms with Crippen LogP contribution >= 0.6 is 28.1 Å². The largest absolute Gasteiger partial charge is 0.381 e. The second-order valence-electron chi connectivity index (χ2n) is 8.03. The van der Waals surface area contributed by atoms with Crippen molar-refractivity contribution in [3.05, 3.63) is 50.0 Å². The van der Waals surface area contributed by atoms with Crippen LogP contribution in [0.5, 0.6) is 0 Å². The van der Waals surface area contributed by atoms with E-state index in [1.165, 1.54) is 12.1 Å². The number of carbonyl (C=O) groups excluding carboxylic acids is 1. The highest BCUT2D eigenvalue weighted by Crippen LogP contribution is 2.37. The molecule has 9 heteroatoms. The molecule has 1 atom stereocenters. The molecule has 1 amide bonds. The van der Waals surface area contributed by atoms with Crippen LogP contribution in [0.25, 0.3) is 0 Å². The molecule has 0 bridgehead atoms. The number of ether oxygens (including phenoxy) is 1. The maximum Gasteiger partial charge on any atom is 0.228 e. The Morgan fingerprint density at radius 2 is 2.03 bits per heavy atom. The summed E-state index contributed by atoms with van der Waals surface area (Å²) in [6.45, 7) is 1.73. The van der Waals surface area contributed by atoms with E-state index in [4.69, 9.17) is 17.0 Å². The Morgan fingerprint density at radius 1 is 1.33 bits per heavy atom. The van der Waals surface area contributed by atoms with Gasteiger partial charge in [0.15, 0.2) is 4.77 Å². The molecule has 0 aliphatic carbocycles. The van der Waals surface area contributed by atoms with Crippen molar-refractivity contribution in [2.24, 2.45) is 7.05 Å². The quantitative estimate of drug-likeness (QED) is 0.469. The van der Waals surface area contributed by atoms with Gasteiger partial charge in [-0.25, -0.2) is 8.78 Å². The summed E-state index contributed by atoms with van der Waals surface area (Å²) in [5, 5.41) is 0. The molecule has 1 fully saturated rings. The van der Waals surface area contributed by atoms with Crippen LogP contribution in [-0.4, -0.2) is 46.2 Å². The van der Waals surface area contributed by atoms with Gasteiger partial charge in [0.1, 0.15) is 11.6 Å². The molecule has 0 radical (unpaired) electrons. The van der Waals surface area contributed by atoms with Gasteiger partial charge in [0.2, 0.25) is 5.91 Å². The van der Waals surface area contributed by atoms with E-state index in [-0.39, 0.29) is 34.3 Å². The zero-order chi connectivity index (χ0) is 21.6. The predicted octanol–water partition coefficient (Wildman–Crippen LogP) is 4.12. The van der Waals surface area contributed by atoms with Crippen LogP contribution in [0, 0.1) is 16.4 Å². The van der Waals surface area contributed by atoms with E-state index in [0.29, 0.717) is 31.0 Å². The first-order chi connectivity index (χ1) is 14.3. The number of aromatic nitrogens is 2. The Labute approximate surface area is 187 Å². The van der Waals surface area contributed by atoms with Gasteiger partial charge in [-0.3, -0.25) is 4.79 Å². The van der Waals surface area contributed by atoms with Crippen molar-refractivity contribution in [3.8, 4) is 0 Å². The highest BCUT2D eigenvalue weighted by Gasteiger charge is 2.33. The highest BCUT2D eigenvalue weighted by atomic mass is 79.9. The minimum absolute atomic E-state index is 0.0177. The van der Waals surface area contributed by atoms with Gasteiger partial charge < -0.3 is 18.8 Å². The Balaban J connectivity index is 1.59. The summed E-state index contributed by atoms with van der Waals surface area (Å²) in [4.78, 5) is 14.8. The standard InChI is InChI=1S/C21H24BrF2N3O2S/c1-25(13-5-7-29-8-6-13)18(28)10-16-17-9-12(11-27(17)21(30)26(16)2)19-15(23)4-3-14(22)20(19)24/h3-4,12-13H,5-11H2,1-2H3/t12-/m1/s1. The van der Waals surface area contributed by atoms with E-state index < -0.39 is 11.6 Å². The molecule has 0 N–H and O–H groups in total. The molecule has 1 saturated heterocycles. The first-order valence-corrected chi connectivity index (χ1v) is 11.2. The van der Waals surface area contributed by atoms with Crippen LogP contribution in [0.4, 0.5) is 8.78 Å². The lowest BCUT2D eigenvalue weighted by Crippen LogP contribution is -2.41. The number of amides is 1. The molecule has 4 rings (SSSR count). The second kappa shape index (κ2) is 8.51. The molecular formula is C21H24BrF2N3O2S. The summed E-state index contributed by atoms with van der Waals surface area (Å²) in [5.41, 5.74) is 1.78. The van der Waals surface area contributed by atoms with Gasteiger partial charge in [-0.1, -0.05) is 0 Å². The third-order valence-electron chi connectivity index (χ3n) is 6.36. The molecule has 3 heterocycles. The predicted molar refractivity (Wildman–Crippen MR) is 115 cm³/mol. The first-order valence-electron chi connectivity index (χ1n) is 10.0. The van der Waals surface area contributed by atoms with E-state index in [2.05, 4.69) is 15.9 Å². The second-order valence-corrected chi connectivity index (χ2v) is 9.25. The molecular weight excluding hydrogens is 476 g/mol. The summed E-state index contributed by atoms with van der Waals surface area (Å²) in [7, 11) is 3.68. The molecule has 2 aliphatic heterocycles. The lowest BCUT2D eigenvalue weighted by molar-refractivity contribution is -0.133. The Bertz CT molecular complexity index is 1050. The SMILES string of the molecule is CN(C(=O)Cc1c2n(c(=S)n1C)C[C@H](c1c(F)ccc(Br)c1F)C2)C1CCOCC1. The summed E-state index contributed by atoms with van der Waals surface area (Å²) in [6.07, 6.45) is 2.32. The molecule has 1 aromatic carbocycles. The normalized spacial score (nSPS) is 19.2. The van der Waals surface area contributed by atoms with Crippen LogP contribution in [0.3, 0.4) is 0 Å². The van der Waals surface area contributed by atoms with Gasteiger partial charge >= 0.3 is 0 Å². The van der Waals surface area contributed by atoms with Crippen LogP contribution in [-0.2, 0) is 36.0 Å². The highest BCUT2D eigenvalue weighted by molar-refractivity contribution is 9.10. The van der Waals surface area contributed by atoms with Gasteiger partial charge in [0, 0.05) is 62.8 Å². The lowest BCUT2D eigenvalue weighted by Gasteiger charge is -2.31. The number of rotatable bonds is 4. The number of halogens is 3. The summed E-state index contributed by atoms with van der Waals surface area (Å²) < 4.78 is 39.1. The minimum atomic E-state index is -0.571. The molecule has 2 aliphatic rings. The molecule has 0 unspecified atom stereocenters. The van der Waals surface area contributed by atoms with E-state index in [0.717, 1.165) is 24.2 Å². The first kappa shape index (κ1) is 21.6. The van der Waals surface area contributed by atoms with Crippen molar-refractivity contribution >= 4 is 34.1 Å². The monoisotopic (exact) mass is 499 g/mol. The fourth-order valence-corrected chi connectivity index (χ4v) is 5.21. The number of benzene rings is 1. The van der Waals surface area contributed by atoms with Gasteiger partial charge in [-0.2, -0.15) is 0 Å². The number of imidazole rings is 1. The fourth-order valence-electron chi connectivity index (χ4n) is 4.57. The van der Waals surface area contributed by atoms with E-state index in [9.17, 15) is 13.6 Å². The summed E-state index contributed by atoms with van der Waals surface area (Å²) in [5.74, 6) is -1.47. The zero-order valence-corrected chi connectivity index (χ0v) is 19.4. The minimum Gasteiger partial charge on any atom is -0.381 e. The zero-order valence-electron chi connectivity index (χ0n) is 17.0. The van der Waals surface area contributed by atoms with Crippen molar-refractivity contribution in [3.63, 3.8) is 0 Å². The third kappa shape index (κ3) is 3.76. The van der Waals surface area contributed by atoms with E-state index >= 15 is 0 Å². The van der Waals surface area contributed by atoms with Crippen LogP contribution in [0.15, 0.2) is 16.6 Å². The third-order valence-corrected chi connectivity index (χ3v) is 7.47. The van der Waals surface area contributed by atoms with Crippen LogP contribution < -0.4 is 0 Å². The number of hydrogen-bond donors (Lipinski definition) is 0. The van der Waals surface area contributed by atoms with Crippen molar-refractivity contribution in [1.82, 2.24) is 14.0 Å². The number of fused-ring (bicyclic) bond motifs is 1. The smallest absolute Gasteiger partial charge is 0.228 e. The lowest BCUT2D eigenvalue weighted by atomic mass is 9.95. The van der Waals surface area contributed by atoms with Gasteiger partial charge in [0.05, 0.1) is 10.9 Å². The summed E-state index contributed by atoms with van der Waals surface area (Å²) in [6, 6.07) is 2.82. The van der Waals surface area contributed by atoms with Gasteiger partial charge in [0.25, 0.3) is 0 Å². The van der Waals surface area contributed by atoms with Gasteiger partial charge in [-0.05, 0) is 59.5 Å². The van der Waals surface area contributed by atoms with Gasteiger partial charge in [-0.15, -0.1) is 0 Å². The molecule has 2 aromatic rings. The average Bonchev–Trinajstić information content (AvgIpc) is 3.26. The molecule has 5 nitrogen and oxygen atoms in total. The summed E-state index contributed by atoms with van der Waals surface area (Å²) >= 11 is 8.71. The van der Waals surface area contributed by atoms with Crippen molar-refractivity contribution in [2.75, 3.05) is 20.3 Å². The maximum absolute atomic E-state index is 14.6. The molecule has 162 valence electrons.